The predicted octanol–water partition coefficient (Wildman–Crippen LogP) is 2.14. The summed E-state index contributed by atoms with van der Waals surface area (Å²) in [6, 6.07) is 8.11. The lowest BCUT2D eigenvalue weighted by Gasteiger charge is -2.23. The molecule has 6 heteroatoms. The van der Waals surface area contributed by atoms with Gasteiger partial charge in [0.2, 0.25) is 11.8 Å². The molecule has 0 saturated heterocycles. The fourth-order valence-corrected chi connectivity index (χ4v) is 2.37. The van der Waals surface area contributed by atoms with E-state index in [2.05, 4.69) is 21.1 Å². The number of carbonyl (C=O) groups is 1. The smallest absolute Gasteiger partial charge is 0.229 e. The number of carbonyl (C=O) groups excluding carboxylic acids is 1. The first kappa shape index (κ1) is 14.6. The molecule has 1 fully saturated rings. The maximum absolute atomic E-state index is 11.1. The summed E-state index contributed by atoms with van der Waals surface area (Å²) >= 11 is 0. The molecule has 6 nitrogen and oxygen atoms in total. The minimum atomic E-state index is -0.315. The molecule has 1 amide bonds. The quantitative estimate of drug-likeness (QED) is 0.846. The van der Waals surface area contributed by atoms with E-state index in [1.807, 2.05) is 25.1 Å². The van der Waals surface area contributed by atoms with Crippen molar-refractivity contribution in [1.82, 2.24) is 10.1 Å². The summed E-state index contributed by atoms with van der Waals surface area (Å²) in [4.78, 5) is 17.6. The van der Waals surface area contributed by atoms with Gasteiger partial charge in [0, 0.05) is 24.6 Å². The molecular weight excluding hydrogens is 280 g/mol. The molecule has 1 aliphatic rings. The van der Waals surface area contributed by atoms with Gasteiger partial charge in [0.25, 0.3) is 0 Å². The van der Waals surface area contributed by atoms with E-state index in [-0.39, 0.29) is 5.91 Å². The van der Waals surface area contributed by atoms with E-state index in [1.165, 1.54) is 0 Å². The molecule has 2 N–H and O–H groups in total. The van der Waals surface area contributed by atoms with Crippen molar-refractivity contribution in [3.8, 4) is 0 Å². The van der Waals surface area contributed by atoms with Crippen LogP contribution in [0, 0.1) is 6.92 Å². The highest BCUT2D eigenvalue weighted by molar-refractivity contribution is 5.74. The number of benzene rings is 1. The van der Waals surface area contributed by atoms with Gasteiger partial charge in [0.05, 0.1) is 6.54 Å². The Labute approximate surface area is 129 Å². The van der Waals surface area contributed by atoms with Crippen LogP contribution in [0.5, 0.6) is 0 Å². The van der Waals surface area contributed by atoms with Crippen molar-refractivity contribution in [3.63, 3.8) is 0 Å². The average Bonchev–Trinajstić information content (AvgIpc) is 3.23. The highest BCUT2D eigenvalue weighted by atomic mass is 16.5. The molecule has 0 spiro atoms. The summed E-state index contributed by atoms with van der Waals surface area (Å²) in [5.41, 5.74) is 7.47. The first-order valence-electron chi connectivity index (χ1n) is 7.54. The third kappa shape index (κ3) is 3.63. The highest BCUT2D eigenvalue weighted by Crippen LogP contribution is 2.38. The van der Waals surface area contributed by atoms with Crippen LogP contribution in [0.2, 0.25) is 0 Å². The van der Waals surface area contributed by atoms with Crippen LogP contribution in [0.25, 0.3) is 0 Å². The molecule has 0 unspecified atom stereocenters. The van der Waals surface area contributed by atoms with E-state index in [9.17, 15) is 4.79 Å². The van der Waals surface area contributed by atoms with Crippen molar-refractivity contribution >= 4 is 11.6 Å². The van der Waals surface area contributed by atoms with Gasteiger partial charge in [-0.25, -0.2) is 0 Å². The Morgan fingerprint density at radius 3 is 2.95 bits per heavy atom. The third-order valence-corrected chi connectivity index (χ3v) is 3.74. The average molecular weight is 300 g/mol. The van der Waals surface area contributed by atoms with Crippen molar-refractivity contribution in [2.24, 2.45) is 5.73 Å². The normalized spacial score (nSPS) is 14.0. The first-order chi connectivity index (χ1) is 10.6. The molecule has 1 saturated carbocycles. The summed E-state index contributed by atoms with van der Waals surface area (Å²) in [6.45, 7) is 3.08. The molecule has 1 aliphatic carbocycles. The lowest BCUT2D eigenvalue weighted by molar-refractivity contribution is -0.117. The van der Waals surface area contributed by atoms with Gasteiger partial charge in [-0.3, -0.25) is 4.79 Å². The zero-order valence-corrected chi connectivity index (χ0v) is 12.7. The van der Waals surface area contributed by atoms with Crippen LogP contribution in [0.15, 0.2) is 28.8 Å². The number of hydrogen-bond donors (Lipinski definition) is 1. The van der Waals surface area contributed by atoms with Gasteiger partial charge in [0.1, 0.15) is 0 Å². The van der Waals surface area contributed by atoms with Gasteiger partial charge < -0.3 is 15.2 Å². The molecule has 3 rings (SSSR count). The van der Waals surface area contributed by atoms with E-state index in [0.717, 1.165) is 30.0 Å². The number of primary amides is 1. The second-order valence-corrected chi connectivity index (χ2v) is 5.80. The number of rotatable bonds is 7. The van der Waals surface area contributed by atoms with E-state index < -0.39 is 0 Å². The lowest BCUT2D eigenvalue weighted by atomic mass is 10.2. The number of amides is 1. The number of hydrogen-bond acceptors (Lipinski definition) is 5. The van der Waals surface area contributed by atoms with Crippen LogP contribution >= 0.6 is 0 Å². The number of nitrogens with two attached hydrogens (primary N) is 1. The van der Waals surface area contributed by atoms with E-state index >= 15 is 0 Å². The van der Waals surface area contributed by atoms with Gasteiger partial charge in [0.15, 0.2) is 5.82 Å². The minimum Gasteiger partial charge on any atom is -0.370 e. The van der Waals surface area contributed by atoms with Crippen molar-refractivity contribution < 1.29 is 9.32 Å². The van der Waals surface area contributed by atoms with E-state index in [1.54, 1.807) is 0 Å². The van der Waals surface area contributed by atoms with Gasteiger partial charge in [-0.05, 0) is 37.5 Å². The highest BCUT2D eigenvalue weighted by Gasteiger charge is 2.29. The molecule has 0 radical (unpaired) electrons. The molecule has 0 bridgehead atoms. The molecule has 0 atom stereocenters. The van der Waals surface area contributed by atoms with Gasteiger partial charge in [-0.1, -0.05) is 17.3 Å². The summed E-state index contributed by atoms with van der Waals surface area (Å²) in [7, 11) is 0. The second-order valence-electron chi connectivity index (χ2n) is 5.80. The number of anilines is 1. The number of nitrogens with zero attached hydrogens (tertiary/aromatic N) is 3. The summed E-state index contributed by atoms with van der Waals surface area (Å²) < 4.78 is 5.30. The number of aryl methyl sites for hydroxylation is 1. The monoisotopic (exact) mass is 300 g/mol. The Balaban J connectivity index is 1.75. The van der Waals surface area contributed by atoms with Crippen LogP contribution < -0.4 is 10.6 Å². The third-order valence-electron chi connectivity index (χ3n) is 3.74. The van der Waals surface area contributed by atoms with Gasteiger partial charge in [-0.2, -0.15) is 4.98 Å². The second kappa shape index (κ2) is 6.17. The Bertz CT molecular complexity index is 664. The lowest BCUT2D eigenvalue weighted by Crippen LogP contribution is -2.28. The number of aromatic nitrogens is 2. The van der Waals surface area contributed by atoms with Crippen molar-refractivity contribution in [3.05, 3.63) is 41.5 Å². The summed E-state index contributed by atoms with van der Waals surface area (Å²) in [6.07, 6.45) is 2.55. The Morgan fingerprint density at radius 2 is 2.27 bits per heavy atom. The van der Waals surface area contributed by atoms with Crippen LogP contribution in [-0.4, -0.2) is 22.6 Å². The topological polar surface area (TPSA) is 85.2 Å². The zero-order chi connectivity index (χ0) is 15.5. The minimum absolute atomic E-state index is 0.293. The van der Waals surface area contributed by atoms with Gasteiger partial charge >= 0.3 is 0 Å². The largest absolute Gasteiger partial charge is 0.370 e. The Kier molecular flexibility index (Phi) is 4.09. The molecule has 1 aromatic heterocycles. The summed E-state index contributed by atoms with van der Waals surface area (Å²) in [5, 5.41) is 4.05. The standard InChI is InChI=1S/C16H20N4O2/c1-11-3-2-4-13(9-11)20(8-7-14(17)21)10-15-18-16(22-19-15)12-5-6-12/h2-4,9,12H,5-8,10H2,1H3,(H2,17,21). The van der Waals surface area contributed by atoms with Crippen LogP contribution in [0.1, 0.15) is 42.5 Å². The summed E-state index contributed by atoms with van der Waals surface area (Å²) in [5.74, 6) is 1.51. The maximum atomic E-state index is 11.1. The molecule has 0 aliphatic heterocycles. The Morgan fingerprint density at radius 1 is 1.45 bits per heavy atom. The van der Waals surface area contributed by atoms with E-state index in [4.69, 9.17) is 10.3 Å². The van der Waals surface area contributed by atoms with Crippen LogP contribution in [-0.2, 0) is 11.3 Å². The van der Waals surface area contributed by atoms with Crippen molar-refractivity contribution in [2.75, 3.05) is 11.4 Å². The molecule has 22 heavy (non-hydrogen) atoms. The molecule has 1 heterocycles. The predicted molar refractivity (Wildman–Crippen MR) is 82.3 cm³/mol. The van der Waals surface area contributed by atoms with Crippen LogP contribution in [0.4, 0.5) is 5.69 Å². The van der Waals surface area contributed by atoms with E-state index in [0.29, 0.717) is 31.3 Å². The van der Waals surface area contributed by atoms with Crippen LogP contribution in [0.3, 0.4) is 0 Å². The molecule has 2 aromatic rings. The fourth-order valence-electron chi connectivity index (χ4n) is 2.37. The SMILES string of the molecule is Cc1cccc(N(CCC(N)=O)Cc2noc(C3CC3)n2)c1. The van der Waals surface area contributed by atoms with Gasteiger partial charge in [-0.15, -0.1) is 0 Å². The molecular formula is C16H20N4O2. The zero-order valence-electron chi connectivity index (χ0n) is 12.7. The first-order valence-corrected chi connectivity index (χ1v) is 7.54. The fraction of sp³-hybridized carbons (Fsp3) is 0.438. The van der Waals surface area contributed by atoms with Crippen molar-refractivity contribution in [1.29, 1.82) is 0 Å². The molecule has 116 valence electrons. The van der Waals surface area contributed by atoms with Crippen molar-refractivity contribution in [2.45, 2.75) is 38.6 Å². The molecule has 1 aromatic carbocycles. The maximum Gasteiger partial charge on any atom is 0.229 e. The Hall–Kier alpha value is -2.37.